The fourth-order valence-electron chi connectivity index (χ4n) is 1.84. The molecule has 0 aromatic heterocycles. The molecule has 1 aromatic rings. The number of hydrogen-bond donors (Lipinski definition) is 2. The van der Waals surface area contributed by atoms with Crippen LogP contribution in [-0.4, -0.2) is 28.9 Å². The van der Waals surface area contributed by atoms with Crippen molar-refractivity contribution in [2.75, 3.05) is 11.9 Å². The Labute approximate surface area is 129 Å². The summed E-state index contributed by atoms with van der Waals surface area (Å²) in [5.41, 5.74) is -1.75. The van der Waals surface area contributed by atoms with Gasteiger partial charge in [0.1, 0.15) is 17.2 Å². The van der Waals surface area contributed by atoms with Gasteiger partial charge in [-0.1, -0.05) is 29.3 Å². The zero-order valence-corrected chi connectivity index (χ0v) is 13.1. The van der Waals surface area contributed by atoms with Gasteiger partial charge in [-0.15, -0.1) is 0 Å². The number of alkyl halides is 4. The zero-order chi connectivity index (χ0) is 16.0. The van der Waals surface area contributed by atoms with Gasteiger partial charge in [-0.2, -0.15) is 13.2 Å². The van der Waals surface area contributed by atoms with Gasteiger partial charge < -0.3 is 9.84 Å². The molecule has 1 rings (SSSR count). The molecule has 0 amide bonds. The lowest BCUT2D eigenvalue weighted by Gasteiger charge is -2.16. The van der Waals surface area contributed by atoms with Crippen LogP contribution in [0.4, 0.5) is 13.2 Å². The molecule has 7 heteroatoms. The molecule has 0 spiro atoms. The minimum atomic E-state index is -4.79. The van der Waals surface area contributed by atoms with Gasteiger partial charge in [-0.25, -0.2) is 0 Å². The Bertz CT molecular complexity index is 504. The summed E-state index contributed by atoms with van der Waals surface area (Å²) in [5.74, 6) is -0.149. The molecule has 2 N–H and O–H groups in total. The van der Waals surface area contributed by atoms with E-state index in [1.54, 1.807) is 0 Å². The molecule has 0 unspecified atom stereocenters. The molecular weight excluding hydrogens is 351 g/mol. The maximum atomic E-state index is 12.6. The molecule has 3 nitrogen and oxygen atoms in total. The van der Waals surface area contributed by atoms with E-state index in [1.807, 2.05) is 6.92 Å². The number of phenols is 1. The van der Waals surface area contributed by atoms with Crippen LogP contribution in [0.3, 0.4) is 0 Å². The highest BCUT2D eigenvalue weighted by atomic mass is 79.9. The van der Waals surface area contributed by atoms with Crippen LogP contribution in [-0.2, 0) is 6.42 Å². The molecule has 118 valence electrons. The fraction of sp³-hybridized carbons (Fsp3) is 0.500. The molecular formula is C14H17BrF3NO2. The average molecular weight is 368 g/mol. The Hall–Kier alpha value is -1.24. The number of benzene rings is 1. The highest BCUT2D eigenvalue weighted by molar-refractivity contribution is 9.09. The summed E-state index contributed by atoms with van der Waals surface area (Å²) in [6.07, 6.45) is -3.02. The van der Waals surface area contributed by atoms with E-state index in [4.69, 9.17) is 10.1 Å². The predicted molar refractivity (Wildman–Crippen MR) is 78.9 cm³/mol. The van der Waals surface area contributed by atoms with E-state index < -0.39 is 23.2 Å². The lowest BCUT2D eigenvalue weighted by Crippen LogP contribution is -2.23. The van der Waals surface area contributed by atoms with Crippen LogP contribution in [0.15, 0.2) is 12.1 Å². The van der Waals surface area contributed by atoms with Crippen molar-refractivity contribution in [2.45, 2.75) is 32.4 Å². The van der Waals surface area contributed by atoms with Gasteiger partial charge in [-0.05, 0) is 25.0 Å². The Balaban J connectivity index is 3.15. The maximum absolute atomic E-state index is 12.6. The molecule has 0 saturated heterocycles. The monoisotopic (exact) mass is 367 g/mol. The van der Waals surface area contributed by atoms with Crippen molar-refractivity contribution in [2.24, 2.45) is 0 Å². The van der Waals surface area contributed by atoms with Gasteiger partial charge >= 0.3 is 6.18 Å². The molecule has 0 aliphatic carbocycles. The molecule has 0 bridgehead atoms. The van der Waals surface area contributed by atoms with Crippen LogP contribution in [0.2, 0.25) is 0 Å². The number of hydrogen-bond acceptors (Lipinski definition) is 3. The summed E-state index contributed by atoms with van der Waals surface area (Å²) < 4.78 is 43.3. The predicted octanol–water partition coefficient (Wildman–Crippen LogP) is 4.44. The minimum absolute atomic E-state index is 0.318. The summed E-state index contributed by atoms with van der Waals surface area (Å²) in [6.45, 7) is 2.25. The first-order valence-corrected chi connectivity index (χ1v) is 7.64. The summed E-state index contributed by atoms with van der Waals surface area (Å²) in [5, 5.41) is 18.0. The quantitative estimate of drug-likeness (QED) is 0.425. The maximum Gasteiger partial charge on any atom is 0.433 e. The van der Waals surface area contributed by atoms with E-state index in [1.165, 1.54) is 6.07 Å². The van der Waals surface area contributed by atoms with Gasteiger partial charge in [0.25, 0.3) is 0 Å². The average Bonchev–Trinajstić information content (AvgIpc) is 2.41. The normalized spacial score (nSPS) is 11.5. The highest BCUT2D eigenvalue weighted by Gasteiger charge is 2.37. The summed E-state index contributed by atoms with van der Waals surface area (Å²) >= 11 is 3.26. The number of halogens is 4. The Morgan fingerprint density at radius 1 is 1.38 bits per heavy atom. The van der Waals surface area contributed by atoms with Crippen molar-refractivity contribution in [1.82, 2.24) is 0 Å². The molecule has 0 heterocycles. The Kier molecular flexibility index (Phi) is 6.51. The molecule has 0 radical (unpaired) electrons. The zero-order valence-electron chi connectivity index (χ0n) is 11.6. The van der Waals surface area contributed by atoms with E-state index in [2.05, 4.69) is 15.9 Å². The van der Waals surface area contributed by atoms with Crippen LogP contribution in [0.5, 0.6) is 11.5 Å². The third-order valence-corrected chi connectivity index (χ3v) is 3.39. The number of nitrogens with one attached hydrogen (secondary N) is 1. The van der Waals surface area contributed by atoms with E-state index >= 15 is 0 Å². The van der Waals surface area contributed by atoms with Crippen LogP contribution in [0.25, 0.3) is 0 Å². The molecule has 0 aliphatic rings. The van der Waals surface area contributed by atoms with E-state index in [9.17, 15) is 18.3 Å². The summed E-state index contributed by atoms with van der Waals surface area (Å²) in [4.78, 5) is 0. The van der Waals surface area contributed by atoms with Crippen LogP contribution >= 0.6 is 15.9 Å². The van der Waals surface area contributed by atoms with Gasteiger partial charge in [0, 0.05) is 16.5 Å². The molecule has 0 aliphatic heterocycles. The Morgan fingerprint density at radius 3 is 2.57 bits per heavy atom. The first-order chi connectivity index (χ1) is 9.82. The van der Waals surface area contributed by atoms with Crippen molar-refractivity contribution in [3.63, 3.8) is 0 Å². The SMILES string of the molecule is CCCc1c(OCCCBr)ccc(C(=N)C(F)(F)F)c1O. The van der Waals surface area contributed by atoms with Crippen molar-refractivity contribution >= 4 is 21.6 Å². The minimum Gasteiger partial charge on any atom is -0.507 e. The summed E-state index contributed by atoms with van der Waals surface area (Å²) in [7, 11) is 0. The largest absolute Gasteiger partial charge is 0.507 e. The van der Waals surface area contributed by atoms with Crippen molar-refractivity contribution < 1.29 is 23.0 Å². The number of aromatic hydroxyl groups is 1. The second-order valence-electron chi connectivity index (χ2n) is 4.45. The lowest BCUT2D eigenvalue weighted by atomic mass is 10.00. The standard InChI is InChI=1S/C14H17BrF3NO2/c1-2-4-9-11(21-8-3-7-15)6-5-10(12(9)20)13(19)14(16,17)18/h5-6,19-20H,2-4,7-8H2,1H3. The molecule has 1 aromatic carbocycles. The van der Waals surface area contributed by atoms with Crippen molar-refractivity contribution in [3.05, 3.63) is 23.3 Å². The fourth-order valence-corrected chi connectivity index (χ4v) is 2.06. The third-order valence-electron chi connectivity index (χ3n) is 2.83. The number of rotatable bonds is 7. The Morgan fingerprint density at radius 2 is 2.05 bits per heavy atom. The van der Waals surface area contributed by atoms with Crippen LogP contribution in [0.1, 0.15) is 30.9 Å². The first-order valence-electron chi connectivity index (χ1n) is 6.52. The van der Waals surface area contributed by atoms with Crippen LogP contribution < -0.4 is 4.74 Å². The highest BCUT2D eigenvalue weighted by Crippen LogP contribution is 2.35. The van der Waals surface area contributed by atoms with Gasteiger partial charge in [0.15, 0.2) is 0 Å². The van der Waals surface area contributed by atoms with E-state index in [0.717, 1.165) is 17.8 Å². The molecule has 0 saturated carbocycles. The van der Waals surface area contributed by atoms with E-state index in [0.29, 0.717) is 30.8 Å². The van der Waals surface area contributed by atoms with E-state index in [-0.39, 0.29) is 0 Å². The number of ether oxygens (including phenoxy) is 1. The number of phenolic OH excluding ortho intramolecular Hbond substituents is 1. The van der Waals surface area contributed by atoms with Gasteiger partial charge in [0.05, 0.1) is 6.61 Å². The third kappa shape index (κ3) is 4.62. The lowest BCUT2D eigenvalue weighted by molar-refractivity contribution is -0.0588. The molecule has 0 atom stereocenters. The second-order valence-corrected chi connectivity index (χ2v) is 5.25. The topological polar surface area (TPSA) is 53.3 Å². The smallest absolute Gasteiger partial charge is 0.433 e. The molecule has 21 heavy (non-hydrogen) atoms. The van der Waals surface area contributed by atoms with Crippen molar-refractivity contribution in [1.29, 1.82) is 5.41 Å². The van der Waals surface area contributed by atoms with Crippen molar-refractivity contribution in [3.8, 4) is 11.5 Å². The second kappa shape index (κ2) is 7.68. The summed E-state index contributed by atoms with van der Waals surface area (Å²) in [6, 6.07) is 2.46. The first kappa shape index (κ1) is 17.8. The van der Waals surface area contributed by atoms with Crippen LogP contribution in [0, 0.1) is 5.41 Å². The molecule has 0 fully saturated rings. The van der Waals surface area contributed by atoms with Gasteiger partial charge in [0.2, 0.25) is 0 Å². The van der Waals surface area contributed by atoms with Gasteiger partial charge in [-0.3, -0.25) is 5.41 Å².